The topological polar surface area (TPSA) is 52.2 Å². The van der Waals surface area contributed by atoms with Crippen LogP contribution in [-0.2, 0) is 6.54 Å². The van der Waals surface area contributed by atoms with Crippen molar-refractivity contribution < 1.29 is 4.79 Å². The van der Waals surface area contributed by atoms with Crippen LogP contribution in [0.2, 0.25) is 5.02 Å². The lowest BCUT2D eigenvalue weighted by Crippen LogP contribution is -2.31. The molecule has 1 fully saturated rings. The zero-order valence-corrected chi connectivity index (χ0v) is 12.2. The summed E-state index contributed by atoms with van der Waals surface area (Å²) in [7, 11) is 0. The summed E-state index contributed by atoms with van der Waals surface area (Å²) in [4.78, 5) is 22.8. The molecule has 2 heterocycles. The van der Waals surface area contributed by atoms with Crippen molar-refractivity contribution in [3.05, 3.63) is 47.5 Å². The number of nitrogens with one attached hydrogen (secondary N) is 1. The van der Waals surface area contributed by atoms with Crippen molar-refractivity contribution in [3.8, 4) is 0 Å². The minimum Gasteiger partial charge on any atom is -0.351 e. The number of H-pyrrole nitrogens is 1. The highest BCUT2D eigenvalue weighted by Gasteiger charge is 2.29. The van der Waals surface area contributed by atoms with Gasteiger partial charge in [-0.05, 0) is 18.2 Å². The summed E-state index contributed by atoms with van der Waals surface area (Å²) in [6.45, 7) is 1.89. The van der Waals surface area contributed by atoms with Gasteiger partial charge >= 0.3 is 6.03 Å². The number of imidazole rings is 1. The third kappa shape index (κ3) is 2.89. The molecule has 1 aliphatic rings. The quantitative estimate of drug-likeness (QED) is 0.947. The Balaban J connectivity index is 0.00000147. The van der Waals surface area contributed by atoms with Gasteiger partial charge in [0.2, 0.25) is 0 Å². The fourth-order valence-corrected chi connectivity index (χ4v) is 2.37. The van der Waals surface area contributed by atoms with Gasteiger partial charge in [0.25, 0.3) is 0 Å². The third-order valence-electron chi connectivity index (χ3n) is 3.12. The van der Waals surface area contributed by atoms with Gasteiger partial charge in [-0.2, -0.15) is 0 Å². The van der Waals surface area contributed by atoms with Crippen LogP contribution in [0.5, 0.6) is 0 Å². The molecule has 3 rings (SSSR count). The minimum atomic E-state index is -0.00901. The molecule has 0 bridgehead atoms. The van der Waals surface area contributed by atoms with E-state index in [0.717, 1.165) is 11.4 Å². The number of aromatic nitrogens is 2. The second-order valence-corrected chi connectivity index (χ2v) is 4.83. The SMILES string of the molecule is Cl.O=C1N(Cc2c[nH]cn2)CCN1c1cccc(Cl)c1. The van der Waals surface area contributed by atoms with Gasteiger partial charge in [-0.3, -0.25) is 4.90 Å². The predicted molar refractivity (Wildman–Crippen MR) is 80.4 cm³/mol. The molecule has 1 saturated heterocycles. The number of hydrogen-bond donors (Lipinski definition) is 1. The van der Waals surface area contributed by atoms with E-state index in [4.69, 9.17) is 11.6 Å². The van der Waals surface area contributed by atoms with E-state index in [1.165, 1.54) is 0 Å². The molecule has 5 nitrogen and oxygen atoms in total. The van der Waals surface area contributed by atoms with Crippen LogP contribution in [0, 0.1) is 0 Å². The zero-order valence-electron chi connectivity index (χ0n) is 10.6. The molecule has 0 atom stereocenters. The minimum absolute atomic E-state index is 0. The molecule has 20 heavy (non-hydrogen) atoms. The van der Waals surface area contributed by atoms with E-state index in [0.29, 0.717) is 24.7 Å². The molecule has 1 N–H and O–H groups in total. The zero-order chi connectivity index (χ0) is 13.2. The lowest BCUT2D eigenvalue weighted by Gasteiger charge is -2.18. The van der Waals surface area contributed by atoms with Crippen LogP contribution in [0.25, 0.3) is 0 Å². The highest BCUT2D eigenvalue weighted by Crippen LogP contribution is 2.24. The number of aromatic amines is 1. The van der Waals surface area contributed by atoms with Gasteiger partial charge in [-0.25, -0.2) is 9.78 Å². The van der Waals surface area contributed by atoms with Gasteiger partial charge in [-0.15, -0.1) is 12.4 Å². The maximum atomic E-state index is 12.3. The Labute approximate surface area is 128 Å². The first kappa shape index (κ1) is 14.7. The van der Waals surface area contributed by atoms with Gasteiger partial charge in [0.15, 0.2) is 0 Å². The molecule has 2 amide bonds. The second-order valence-electron chi connectivity index (χ2n) is 4.40. The molecule has 7 heteroatoms. The molecule has 0 saturated carbocycles. The Morgan fingerprint density at radius 2 is 2.20 bits per heavy atom. The van der Waals surface area contributed by atoms with E-state index in [9.17, 15) is 4.79 Å². The predicted octanol–water partition coefficient (Wildman–Crippen LogP) is 2.93. The number of anilines is 1. The number of nitrogens with zero attached hydrogens (tertiary/aromatic N) is 3. The first-order chi connectivity index (χ1) is 9.24. The molecule has 0 radical (unpaired) electrons. The number of urea groups is 1. The molecular formula is C13H14Cl2N4O. The lowest BCUT2D eigenvalue weighted by molar-refractivity contribution is 0.218. The van der Waals surface area contributed by atoms with Crippen molar-refractivity contribution in [1.82, 2.24) is 14.9 Å². The van der Waals surface area contributed by atoms with E-state index in [-0.39, 0.29) is 18.4 Å². The average Bonchev–Trinajstić information content (AvgIpc) is 3.01. The van der Waals surface area contributed by atoms with Crippen LogP contribution >= 0.6 is 24.0 Å². The number of carbonyl (C=O) groups is 1. The number of benzene rings is 1. The third-order valence-corrected chi connectivity index (χ3v) is 3.36. The Morgan fingerprint density at radius 3 is 2.90 bits per heavy atom. The van der Waals surface area contributed by atoms with Gasteiger partial charge in [0.05, 0.1) is 18.6 Å². The first-order valence-electron chi connectivity index (χ1n) is 6.04. The summed E-state index contributed by atoms with van der Waals surface area (Å²) in [5, 5.41) is 0.635. The number of carbonyl (C=O) groups excluding carboxylic acids is 1. The smallest absolute Gasteiger partial charge is 0.324 e. The molecule has 1 aromatic heterocycles. The molecule has 2 aromatic rings. The van der Waals surface area contributed by atoms with Crippen LogP contribution in [0.15, 0.2) is 36.8 Å². The Morgan fingerprint density at radius 1 is 1.35 bits per heavy atom. The van der Waals surface area contributed by atoms with Gasteiger partial charge in [0, 0.05) is 30.0 Å². The van der Waals surface area contributed by atoms with Crippen molar-refractivity contribution >= 4 is 35.7 Å². The number of rotatable bonds is 3. The summed E-state index contributed by atoms with van der Waals surface area (Å²) in [5.74, 6) is 0. The van der Waals surface area contributed by atoms with Crippen molar-refractivity contribution in [1.29, 1.82) is 0 Å². The van der Waals surface area contributed by atoms with Crippen LogP contribution in [0.1, 0.15) is 5.69 Å². The molecule has 106 valence electrons. The van der Waals surface area contributed by atoms with Crippen LogP contribution < -0.4 is 4.90 Å². The van der Waals surface area contributed by atoms with E-state index >= 15 is 0 Å². The summed E-state index contributed by atoms with van der Waals surface area (Å²) < 4.78 is 0. The normalized spacial score (nSPS) is 14.6. The Kier molecular flexibility index (Phi) is 4.52. The van der Waals surface area contributed by atoms with Crippen LogP contribution in [0.4, 0.5) is 10.5 Å². The summed E-state index contributed by atoms with van der Waals surface area (Å²) in [5.41, 5.74) is 1.70. The molecule has 0 aliphatic carbocycles. The molecule has 0 spiro atoms. The highest BCUT2D eigenvalue weighted by atomic mass is 35.5. The fourth-order valence-electron chi connectivity index (χ4n) is 2.19. The standard InChI is InChI=1S/C13H13ClN4O.ClH/c14-10-2-1-3-12(6-10)18-5-4-17(13(18)19)8-11-7-15-9-16-11;/h1-3,6-7,9H,4-5,8H2,(H,15,16);1H. The Bertz CT molecular complexity index is 588. The van der Waals surface area contributed by atoms with E-state index < -0.39 is 0 Å². The molecule has 1 aromatic carbocycles. The highest BCUT2D eigenvalue weighted by molar-refractivity contribution is 6.30. The lowest BCUT2D eigenvalue weighted by atomic mass is 10.3. The fraction of sp³-hybridized carbons (Fsp3) is 0.231. The van der Waals surface area contributed by atoms with Crippen LogP contribution in [0.3, 0.4) is 0 Å². The largest absolute Gasteiger partial charge is 0.351 e. The maximum Gasteiger partial charge on any atom is 0.324 e. The second kappa shape index (κ2) is 6.15. The number of hydrogen-bond acceptors (Lipinski definition) is 2. The van der Waals surface area contributed by atoms with Crippen molar-refractivity contribution in [2.75, 3.05) is 18.0 Å². The number of halogens is 2. The molecule has 0 unspecified atom stereocenters. The van der Waals surface area contributed by atoms with Crippen molar-refractivity contribution in [2.45, 2.75) is 6.54 Å². The van der Waals surface area contributed by atoms with Gasteiger partial charge in [-0.1, -0.05) is 17.7 Å². The average molecular weight is 313 g/mol. The van der Waals surface area contributed by atoms with E-state index in [1.54, 1.807) is 34.5 Å². The molecule has 1 aliphatic heterocycles. The van der Waals surface area contributed by atoms with Gasteiger partial charge < -0.3 is 9.88 Å². The van der Waals surface area contributed by atoms with E-state index in [2.05, 4.69) is 9.97 Å². The maximum absolute atomic E-state index is 12.3. The summed E-state index contributed by atoms with van der Waals surface area (Å²) >= 11 is 5.96. The monoisotopic (exact) mass is 312 g/mol. The molecular weight excluding hydrogens is 299 g/mol. The number of amides is 2. The van der Waals surface area contributed by atoms with E-state index in [1.807, 2.05) is 12.1 Å². The van der Waals surface area contributed by atoms with Crippen molar-refractivity contribution in [2.24, 2.45) is 0 Å². The van der Waals surface area contributed by atoms with Crippen LogP contribution in [-0.4, -0.2) is 34.0 Å². The summed E-state index contributed by atoms with van der Waals surface area (Å²) in [6.07, 6.45) is 3.42. The van der Waals surface area contributed by atoms with Gasteiger partial charge in [0.1, 0.15) is 0 Å². The van der Waals surface area contributed by atoms with Crippen molar-refractivity contribution in [3.63, 3.8) is 0 Å². The summed E-state index contributed by atoms with van der Waals surface area (Å²) in [6, 6.07) is 7.33. The Hall–Kier alpha value is -1.72. The first-order valence-corrected chi connectivity index (χ1v) is 6.41.